The molecule has 0 atom stereocenters. The fraction of sp³-hybridized carbons (Fsp3) is 0.0682. The number of para-hydroxylation sites is 6. The second-order valence-electron chi connectivity index (χ2n) is 28.1. The molecule has 21 rings (SSSR count). The molecule has 11 nitrogen and oxygen atoms in total. The zero-order chi connectivity index (χ0) is 67.9. The van der Waals surface area contributed by atoms with Gasteiger partial charge in [-0.3, -0.25) is 0 Å². The van der Waals surface area contributed by atoms with Crippen LogP contribution in [0.3, 0.4) is 0 Å². The molecule has 0 spiro atoms. The lowest BCUT2D eigenvalue weighted by Crippen LogP contribution is -2.65. The minimum atomic E-state index is -0.382. The first-order valence-corrected chi connectivity index (χ1v) is 35.0. The summed E-state index contributed by atoms with van der Waals surface area (Å²) in [5.74, 6) is 7.25. The van der Waals surface area contributed by atoms with E-state index in [0.29, 0.717) is 17.2 Å². The van der Waals surface area contributed by atoms with Gasteiger partial charge in [0.2, 0.25) is 0 Å². The van der Waals surface area contributed by atoms with Crippen LogP contribution in [0.1, 0.15) is 33.4 Å². The first-order chi connectivity index (χ1) is 50.0. The maximum Gasteiger partial charge on any atom is 0.276 e. The van der Waals surface area contributed by atoms with Gasteiger partial charge in [-0.25, -0.2) is 0 Å². The van der Waals surface area contributed by atoms with Crippen LogP contribution in [0, 0.1) is 41.5 Å². The molecule has 8 heterocycles. The van der Waals surface area contributed by atoms with E-state index in [9.17, 15) is 0 Å². The van der Waals surface area contributed by atoms with Gasteiger partial charge in [0.05, 0.1) is 17.1 Å². The third-order valence-corrected chi connectivity index (χ3v) is 21.6. The smallest absolute Gasteiger partial charge is 0.276 e. The Bertz CT molecular complexity index is 6060. The van der Waals surface area contributed by atoms with E-state index in [0.717, 1.165) is 196 Å². The molecule has 0 fully saturated rings. The minimum Gasteiger partial charge on any atom is -0.458 e. The summed E-state index contributed by atoms with van der Waals surface area (Å²) in [6, 6.07) is 90.2. The molecular weight excluding hydrogens is 1250 g/mol. The number of anilines is 11. The van der Waals surface area contributed by atoms with Gasteiger partial charge < -0.3 is 53.7 Å². The highest BCUT2D eigenvalue weighted by atomic mass is 16.5. The Morgan fingerprint density at radius 2 is 0.765 bits per heavy atom. The maximum absolute atomic E-state index is 7.81. The average Bonchev–Trinajstić information content (AvgIpc) is 0.717. The van der Waals surface area contributed by atoms with Gasteiger partial charge in [0, 0.05) is 121 Å². The molecule has 6 aliphatic heterocycles. The summed E-state index contributed by atoms with van der Waals surface area (Å²) >= 11 is 0. The fourth-order valence-electron chi connectivity index (χ4n) is 17.9. The lowest BCUT2D eigenvalue weighted by Gasteiger charge is -2.44. The minimum absolute atomic E-state index is 0.269. The SMILES string of the molecule is Cc1cc(C)c(N2c3cc4c(cc3B3c5cc6c(cc5Oc5cc(Oc7ccccc7)cc2c53)N(c2c(C)cc(C)cc2C)c2cc(Oc3ccccc3)cc3c2B6c2[nH]c5ccccc5c2O3)B2c3[nH]c5ccccc5c3N(c3ccccc3)c3cc(Oc5ccccc5)cc(c32)N4)c(C)c1. The summed E-state index contributed by atoms with van der Waals surface area (Å²) in [5.41, 5.74) is 30.1. The summed E-state index contributed by atoms with van der Waals surface area (Å²) < 4.78 is 36.0. The van der Waals surface area contributed by atoms with Crippen molar-refractivity contribution >= 4 is 154 Å². The van der Waals surface area contributed by atoms with Crippen LogP contribution in [0.5, 0.6) is 57.5 Å². The highest BCUT2D eigenvalue weighted by molar-refractivity contribution is 7.04. The predicted octanol–water partition coefficient (Wildman–Crippen LogP) is 17.0. The molecule has 484 valence electrons. The molecule has 15 aromatic rings. The molecule has 6 aliphatic rings. The van der Waals surface area contributed by atoms with Gasteiger partial charge in [-0.05, 0) is 175 Å². The second-order valence-corrected chi connectivity index (χ2v) is 28.1. The summed E-state index contributed by atoms with van der Waals surface area (Å²) in [7, 11) is 0. The summed E-state index contributed by atoms with van der Waals surface area (Å²) in [6.07, 6.45) is 0. The fourth-order valence-corrected chi connectivity index (χ4v) is 17.9. The average molecular weight is 1320 g/mol. The molecule has 0 saturated heterocycles. The van der Waals surface area contributed by atoms with Crippen molar-refractivity contribution in [1.29, 1.82) is 0 Å². The number of H-pyrrole nitrogens is 2. The molecule has 0 unspecified atom stereocenters. The number of fused-ring (bicyclic) bond motifs is 16. The lowest BCUT2D eigenvalue weighted by atomic mass is 9.30. The van der Waals surface area contributed by atoms with Crippen molar-refractivity contribution in [2.45, 2.75) is 41.5 Å². The highest BCUT2D eigenvalue weighted by Crippen LogP contribution is 2.52. The molecule has 0 saturated carbocycles. The maximum atomic E-state index is 7.81. The van der Waals surface area contributed by atoms with Crippen molar-refractivity contribution < 1.29 is 23.7 Å². The number of nitrogens with one attached hydrogen (secondary N) is 3. The van der Waals surface area contributed by atoms with Gasteiger partial charge in [0.15, 0.2) is 0 Å². The molecule has 3 N–H and O–H groups in total. The van der Waals surface area contributed by atoms with E-state index in [4.69, 9.17) is 23.7 Å². The monoisotopic (exact) mass is 1320 g/mol. The zero-order valence-electron chi connectivity index (χ0n) is 56.9. The van der Waals surface area contributed by atoms with Crippen LogP contribution < -0.4 is 93.1 Å². The third-order valence-electron chi connectivity index (χ3n) is 21.6. The van der Waals surface area contributed by atoms with Crippen LogP contribution in [-0.2, 0) is 0 Å². The number of nitrogens with zero attached hydrogens (tertiary/aromatic N) is 3. The van der Waals surface area contributed by atoms with Gasteiger partial charge in [-0.1, -0.05) is 151 Å². The van der Waals surface area contributed by atoms with Crippen molar-refractivity contribution in [1.82, 2.24) is 9.97 Å². The van der Waals surface area contributed by atoms with Gasteiger partial charge in [0.1, 0.15) is 57.5 Å². The summed E-state index contributed by atoms with van der Waals surface area (Å²) in [5, 5.41) is 6.31. The molecule has 2 aromatic heterocycles. The largest absolute Gasteiger partial charge is 0.458 e. The topological polar surface area (TPSA) is 99.5 Å². The van der Waals surface area contributed by atoms with Gasteiger partial charge >= 0.3 is 0 Å². The number of aromatic nitrogens is 2. The molecule has 0 bridgehead atoms. The van der Waals surface area contributed by atoms with Crippen molar-refractivity contribution in [3.05, 3.63) is 288 Å². The van der Waals surface area contributed by atoms with Crippen molar-refractivity contribution in [3.8, 4) is 57.5 Å². The number of aromatic amines is 2. The van der Waals surface area contributed by atoms with Gasteiger partial charge in [-0.15, -0.1) is 0 Å². The Labute approximate surface area is 591 Å². The molecule has 14 heteroatoms. The van der Waals surface area contributed by atoms with Crippen LogP contribution in [0.4, 0.5) is 62.6 Å². The standard InChI is InChI=1S/C88H63B3N6O5/c1-49-35-51(3)83(52(4)36-49)96-72-47-70-64(90-80-71(92-70)39-59(98-56-25-13-8-14-26-56)40-74(80)95(55-23-11-7-12-24-55)85-62-31-19-21-33-68(62)93-87(85)90)45-65(72)89-67-46-66-73(48-77(67)101-78-43-60(41-75(96)81(78)89)99-57-27-15-9-16-28-57)97(84-53(5)37-50(2)38-54(84)6)76-42-61(100-58-29-17-10-18-30-58)44-79-82(76)91(66)88-86(102-79)63-32-20-22-34-69(63)94-88/h7-48,92-94H,1-6H3. The highest BCUT2D eigenvalue weighted by Gasteiger charge is 2.51. The number of rotatable bonds is 9. The van der Waals surface area contributed by atoms with E-state index >= 15 is 0 Å². The predicted molar refractivity (Wildman–Crippen MR) is 419 cm³/mol. The van der Waals surface area contributed by atoms with E-state index in [2.05, 4.69) is 235 Å². The normalized spacial score (nSPS) is 13.5. The number of benzene rings is 13. The Kier molecular flexibility index (Phi) is 12.5. The summed E-state index contributed by atoms with van der Waals surface area (Å²) in [6.45, 7) is 12.3. The molecule has 0 amide bonds. The van der Waals surface area contributed by atoms with Crippen molar-refractivity contribution in [2.24, 2.45) is 0 Å². The number of hydrogen-bond acceptors (Lipinski definition) is 9. The van der Waals surface area contributed by atoms with Crippen LogP contribution in [0.25, 0.3) is 21.8 Å². The Balaban J connectivity index is 0.858. The van der Waals surface area contributed by atoms with Crippen molar-refractivity contribution in [2.75, 3.05) is 20.0 Å². The number of aryl methyl sites for hydroxylation is 6. The quantitative estimate of drug-likeness (QED) is 0.122. The van der Waals surface area contributed by atoms with Gasteiger partial charge in [0.25, 0.3) is 20.1 Å². The Morgan fingerprint density at radius 3 is 1.35 bits per heavy atom. The number of hydrogen-bond donors (Lipinski definition) is 3. The van der Waals surface area contributed by atoms with E-state index in [-0.39, 0.29) is 20.1 Å². The van der Waals surface area contributed by atoms with Crippen LogP contribution >= 0.6 is 0 Å². The lowest BCUT2D eigenvalue weighted by molar-refractivity contribution is 0.463. The number of ether oxygens (including phenoxy) is 5. The van der Waals surface area contributed by atoms with Crippen LogP contribution in [0.2, 0.25) is 0 Å². The first kappa shape index (κ1) is 58.3. The molecule has 13 aromatic carbocycles. The van der Waals surface area contributed by atoms with Gasteiger partial charge in [-0.2, -0.15) is 0 Å². The Hall–Kier alpha value is -12.7. The van der Waals surface area contributed by atoms with E-state index in [1.54, 1.807) is 0 Å². The molecule has 0 radical (unpaired) electrons. The van der Waals surface area contributed by atoms with Crippen LogP contribution in [0.15, 0.2) is 255 Å². The molecule has 102 heavy (non-hydrogen) atoms. The van der Waals surface area contributed by atoms with Crippen molar-refractivity contribution in [3.63, 3.8) is 0 Å². The third kappa shape index (κ3) is 8.71. The summed E-state index contributed by atoms with van der Waals surface area (Å²) in [4.78, 5) is 15.5. The van der Waals surface area contributed by atoms with E-state index in [1.165, 1.54) is 11.1 Å². The van der Waals surface area contributed by atoms with Crippen LogP contribution in [-0.4, -0.2) is 30.1 Å². The van der Waals surface area contributed by atoms with E-state index in [1.807, 2.05) is 91.0 Å². The first-order valence-electron chi connectivity index (χ1n) is 35.0. The second kappa shape index (κ2) is 21.9. The van der Waals surface area contributed by atoms with E-state index < -0.39 is 0 Å². The Morgan fingerprint density at radius 1 is 0.314 bits per heavy atom. The molecule has 0 aliphatic carbocycles. The molecular formula is C88H63B3N6O5. The zero-order valence-corrected chi connectivity index (χ0v) is 56.9.